The van der Waals surface area contributed by atoms with Crippen molar-refractivity contribution in [1.29, 1.82) is 0 Å². The zero-order chi connectivity index (χ0) is 22.0. The van der Waals surface area contributed by atoms with E-state index in [1.807, 2.05) is 44.2 Å². The SMILES string of the molecule is CCOc1ccc(C2/C(=C(\O)c3ccncc3)C(=O)C(=O)N2c2ccccc2C)cc1. The Labute approximate surface area is 180 Å². The quantitative estimate of drug-likeness (QED) is 0.380. The van der Waals surface area contributed by atoms with Gasteiger partial charge in [0.15, 0.2) is 0 Å². The third kappa shape index (κ3) is 3.68. The Balaban J connectivity index is 1.92. The van der Waals surface area contributed by atoms with Crippen molar-refractivity contribution in [3.05, 3.63) is 95.3 Å². The van der Waals surface area contributed by atoms with Crippen LogP contribution in [0.4, 0.5) is 5.69 Å². The number of nitrogens with zero attached hydrogens (tertiary/aromatic N) is 2. The first-order chi connectivity index (χ1) is 15.0. The van der Waals surface area contributed by atoms with E-state index < -0.39 is 17.7 Å². The molecule has 0 radical (unpaired) electrons. The van der Waals surface area contributed by atoms with E-state index in [-0.39, 0.29) is 11.3 Å². The van der Waals surface area contributed by atoms with E-state index in [0.717, 1.165) is 5.56 Å². The number of ketones is 1. The summed E-state index contributed by atoms with van der Waals surface area (Å²) in [5.41, 5.74) is 2.64. The van der Waals surface area contributed by atoms with Crippen LogP contribution in [0.15, 0.2) is 78.6 Å². The molecule has 1 aromatic heterocycles. The smallest absolute Gasteiger partial charge is 0.300 e. The van der Waals surface area contributed by atoms with Crippen LogP contribution in [0.5, 0.6) is 5.75 Å². The Morgan fingerprint density at radius 2 is 1.71 bits per heavy atom. The maximum absolute atomic E-state index is 13.2. The maximum atomic E-state index is 13.2. The van der Waals surface area contributed by atoms with E-state index in [1.165, 1.54) is 17.3 Å². The number of ether oxygens (including phenoxy) is 1. The predicted molar refractivity (Wildman–Crippen MR) is 118 cm³/mol. The van der Waals surface area contributed by atoms with Crippen molar-refractivity contribution in [1.82, 2.24) is 4.98 Å². The molecule has 31 heavy (non-hydrogen) atoms. The number of hydrogen-bond acceptors (Lipinski definition) is 5. The van der Waals surface area contributed by atoms with Crippen LogP contribution in [-0.2, 0) is 9.59 Å². The Morgan fingerprint density at radius 3 is 2.35 bits per heavy atom. The Kier molecular flexibility index (Phi) is 5.54. The lowest BCUT2D eigenvalue weighted by Crippen LogP contribution is -2.30. The van der Waals surface area contributed by atoms with Crippen LogP contribution in [0.3, 0.4) is 0 Å². The average Bonchev–Trinajstić information content (AvgIpc) is 3.05. The fraction of sp³-hybridized carbons (Fsp3) is 0.160. The van der Waals surface area contributed by atoms with E-state index in [0.29, 0.717) is 29.2 Å². The number of carbonyl (C=O) groups excluding carboxylic acids is 2. The van der Waals surface area contributed by atoms with Gasteiger partial charge in [0.05, 0.1) is 18.2 Å². The summed E-state index contributed by atoms with van der Waals surface area (Å²) in [6, 6.07) is 17.0. The van der Waals surface area contributed by atoms with Crippen molar-refractivity contribution in [2.45, 2.75) is 19.9 Å². The first-order valence-electron chi connectivity index (χ1n) is 10.0. The van der Waals surface area contributed by atoms with Gasteiger partial charge in [0.1, 0.15) is 11.5 Å². The lowest BCUT2D eigenvalue weighted by Gasteiger charge is -2.27. The number of pyridine rings is 1. The van der Waals surface area contributed by atoms with E-state index in [4.69, 9.17) is 4.74 Å². The molecule has 2 heterocycles. The zero-order valence-electron chi connectivity index (χ0n) is 17.3. The lowest BCUT2D eigenvalue weighted by atomic mass is 9.95. The normalized spacial score (nSPS) is 17.7. The maximum Gasteiger partial charge on any atom is 0.300 e. The molecular weight excluding hydrogens is 392 g/mol. The van der Waals surface area contributed by atoms with Gasteiger partial charge in [-0.2, -0.15) is 0 Å². The fourth-order valence-electron chi connectivity index (χ4n) is 3.81. The molecule has 1 fully saturated rings. The number of aromatic nitrogens is 1. The number of aliphatic hydroxyl groups is 1. The number of hydrogen-bond donors (Lipinski definition) is 1. The highest BCUT2D eigenvalue weighted by Crippen LogP contribution is 2.43. The van der Waals surface area contributed by atoms with Gasteiger partial charge in [-0.15, -0.1) is 0 Å². The van der Waals surface area contributed by atoms with Gasteiger partial charge >= 0.3 is 0 Å². The van der Waals surface area contributed by atoms with Crippen LogP contribution < -0.4 is 9.64 Å². The first-order valence-corrected chi connectivity index (χ1v) is 10.0. The van der Waals surface area contributed by atoms with Gasteiger partial charge in [-0.25, -0.2) is 0 Å². The lowest BCUT2D eigenvalue weighted by molar-refractivity contribution is -0.132. The molecule has 1 amide bonds. The van der Waals surface area contributed by atoms with Crippen LogP contribution in [0.2, 0.25) is 0 Å². The molecule has 1 atom stereocenters. The Morgan fingerprint density at radius 1 is 1.03 bits per heavy atom. The minimum atomic E-state index is -0.773. The molecule has 0 saturated carbocycles. The second kappa shape index (κ2) is 8.44. The molecule has 0 bridgehead atoms. The van der Waals surface area contributed by atoms with Crippen LogP contribution in [-0.4, -0.2) is 28.4 Å². The molecule has 156 valence electrons. The van der Waals surface area contributed by atoms with Crippen molar-refractivity contribution >= 4 is 23.1 Å². The molecule has 4 rings (SSSR count). The summed E-state index contributed by atoms with van der Waals surface area (Å²) in [4.78, 5) is 31.7. The number of aliphatic hydroxyl groups excluding tert-OH is 1. The van der Waals surface area contributed by atoms with Crippen LogP contribution in [0.25, 0.3) is 5.76 Å². The van der Waals surface area contributed by atoms with Gasteiger partial charge in [0.25, 0.3) is 11.7 Å². The summed E-state index contributed by atoms with van der Waals surface area (Å²) >= 11 is 0. The number of amides is 1. The number of aryl methyl sites for hydroxylation is 1. The number of anilines is 1. The molecule has 1 unspecified atom stereocenters. The van der Waals surface area contributed by atoms with E-state index in [2.05, 4.69) is 4.98 Å². The molecule has 6 nitrogen and oxygen atoms in total. The molecule has 1 saturated heterocycles. The second-order valence-corrected chi connectivity index (χ2v) is 7.19. The third-order valence-electron chi connectivity index (χ3n) is 5.28. The summed E-state index contributed by atoms with van der Waals surface area (Å²) in [6.45, 7) is 4.31. The molecular formula is C25H22N2O4. The number of Topliss-reactive ketones (excluding diaryl/α,β-unsaturated/α-hetero) is 1. The van der Waals surface area contributed by atoms with E-state index in [9.17, 15) is 14.7 Å². The highest BCUT2D eigenvalue weighted by atomic mass is 16.5. The van der Waals surface area contributed by atoms with E-state index >= 15 is 0 Å². The molecule has 0 aliphatic carbocycles. The van der Waals surface area contributed by atoms with Gasteiger partial charge in [-0.1, -0.05) is 30.3 Å². The summed E-state index contributed by atoms with van der Waals surface area (Å²) < 4.78 is 5.52. The number of para-hydroxylation sites is 1. The third-order valence-corrected chi connectivity index (χ3v) is 5.28. The van der Waals surface area contributed by atoms with Crippen LogP contribution >= 0.6 is 0 Å². The highest BCUT2D eigenvalue weighted by molar-refractivity contribution is 6.51. The highest BCUT2D eigenvalue weighted by Gasteiger charge is 2.47. The number of carbonyl (C=O) groups is 2. The Hall–Kier alpha value is -3.93. The monoisotopic (exact) mass is 414 g/mol. The van der Waals surface area contributed by atoms with Crippen LogP contribution in [0.1, 0.15) is 29.7 Å². The molecule has 6 heteroatoms. The summed E-state index contributed by atoms with van der Waals surface area (Å²) in [7, 11) is 0. The van der Waals surface area contributed by atoms with Crippen molar-refractivity contribution in [3.63, 3.8) is 0 Å². The standard InChI is InChI=1S/C25H22N2O4/c1-3-31-19-10-8-17(9-11-19)22-21(23(28)18-12-14-26-15-13-18)24(29)25(30)27(22)20-7-5-4-6-16(20)2/h4-15,22,28H,3H2,1-2H3/b23-21+. The van der Waals surface area contributed by atoms with Crippen molar-refractivity contribution in [2.24, 2.45) is 0 Å². The largest absolute Gasteiger partial charge is 0.507 e. The van der Waals surface area contributed by atoms with Crippen LogP contribution in [0, 0.1) is 6.92 Å². The predicted octanol–water partition coefficient (Wildman–Crippen LogP) is 4.42. The molecule has 0 spiro atoms. The second-order valence-electron chi connectivity index (χ2n) is 7.19. The fourth-order valence-corrected chi connectivity index (χ4v) is 3.81. The van der Waals surface area contributed by atoms with Crippen molar-refractivity contribution < 1.29 is 19.4 Å². The number of rotatable bonds is 5. The zero-order valence-corrected chi connectivity index (χ0v) is 17.3. The molecule has 1 aliphatic rings. The van der Waals surface area contributed by atoms with Gasteiger partial charge in [-0.3, -0.25) is 19.5 Å². The molecule has 3 aromatic rings. The van der Waals surface area contributed by atoms with Crippen molar-refractivity contribution in [2.75, 3.05) is 11.5 Å². The average molecular weight is 414 g/mol. The minimum Gasteiger partial charge on any atom is -0.507 e. The molecule has 2 aromatic carbocycles. The van der Waals surface area contributed by atoms with Gasteiger partial charge in [0, 0.05) is 23.6 Å². The van der Waals surface area contributed by atoms with Gasteiger partial charge < -0.3 is 9.84 Å². The molecule has 1 N–H and O–H groups in total. The summed E-state index contributed by atoms with van der Waals surface area (Å²) in [6.07, 6.45) is 3.05. The molecule has 1 aliphatic heterocycles. The van der Waals surface area contributed by atoms with Crippen molar-refractivity contribution in [3.8, 4) is 5.75 Å². The number of benzene rings is 2. The summed E-state index contributed by atoms with van der Waals surface area (Å²) in [5, 5.41) is 11.0. The topological polar surface area (TPSA) is 79.7 Å². The minimum absolute atomic E-state index is 0.0450. The summed E-state index contributed by atoms with van der Waals surface area (Å²) in [5.74, 6) is -0.941. The first kappa shape index (κ1) is 20.3. The van der Waals surface area contributed by atoms with E-state index in [1.54, 1.807) is 30.3 Å². The van der Waals surface area contributed by atoms with Gasteiger partial charge in [0.2, 0.25) is 0 Å². The van der Waals surface area contributed by atoms with Gasteiger partial charge in [-0.05, 0) is 55.3 Å². The Bertz CT molecular complexity index is 1150.